The van der Waals surface area contributed by atoms with Gasteiger partial charge in [-0.3, -0.25) is 19.2 Å². The molecule has 16 heteroatoms. The van der Waals surface area contributed by atoms with Crippen molar-refractivity contribution in [2.75, 3.05) is 13.7 Å². The Hall–Kier alpha value is -4.31. The number of ketones is 1. The number of carbonyl (C=O) groups is 4. The summed E-state index contributed by atoms with van der Waals surface area (Å²) in [5, 5.41) is 4.59. The van der Waals surface area contributed by atoms with Crippen LogP contribution >= 0.6 is 11.6 Å². The minimum atomic E-state index is -5.25. The number of hydrogen-bond acceptors (Lipinski definition) is 7. The molecule has 1 aliphatic carbocycles. The normalized spacial score (nSPS) is 20.1. The van der Waals surface area contributed by atoms with Crippen molar-refractivity contribution in [3.63, 3.8) is 0 Å². The number of Topliss-reactive ketones (excluding diaryl/α,β-unsaturated/α-hetero) is 1. The van der Waals surface area contributed by atoms with E-state index in [4.69, 9.17) is 22.1 Å². The lowest BCUT2D eigenvalue weighted by molar-refractivity contribution is -0.175. The van der Waals surface area contributed by atoms with Crippen molar-refractivity contribution in [2.24, 2.45) is 17.6 Å². The number of carbonyl (C=O) groups excluding carboxylic acids is 4. The number of halogens is 4. The Balaban J connectivity index is 1.55. The number of likely N-dealkylation sites (tertiary alicyclic amines) is 1. The van der Waals surface area contributed by atoms with E-state index in [2.05, 4.69) is 10.6 Å². The molecule has 57 heavy (non-hydrogen) atoms. The van der Waals surface area contributed by atoms with Gasteiger partial charge in [0, 0.05) is 24.5 Å². The van der Waals surface area contributed by atoms with Crippen LogP contribution in [0.15, 0.2) is 72.8 Å². The third kappa shape index (κ3) is 10.1. The van der Waals surface area contributed by atoms with Crippen molar-refractivity contribution in [2.45, 2.75) is 93.9 Å². The average molecular weight is 833 g/mol. The summed E-state index contributed by atoms with van der Waals surface area (Å²) in [6.07, 6.45) is -3.01. The van der Waals surface area contributed by atoms with Gasteiger partial charge in [-0.25, -0.2) is 4.21 Å². The number of nitrogens with one attached hydrogen (secondary N) is 2. The van der Waals surface area contributed by atoms with Crippen LogP contribution in [0.4, 0.5) is 13.2 Å². The minimum Gasteiger partial charge on any atom is -0.497 e. The molecule has 11 nitrogen and oxygen atoms in total. The van der Waals surface area contributed by atoms with E-state index in [-0.39, 0.29) is 25.9 Å². The van der Waals surface area contributed by atoms with Crippen molar-refractivity contribution < 1.29 is 45.8 Å². The Bertz CT molecular complexity index is 1920. The molecule has 2 fully saturated rings. The van der Waals surface area contributed by atoms with E-state index < -0.39 is 81.4 Å². The first kappa shape index (κ1) is 43.8. The molecule has 2 aliphatic rings. The number of amides is 3. The molecule has 6 atom stereocenters. The molecule has 5 N–H and O–H groups in total. The molecule has 3 amide bonds. The highest BCUT2D eigenvalue weighted by atomic mass is 35.5. The fourth-order valence-corrected chi connectivity index (χ4v) is 9.07. The van der Waals surface area contributed by atoms with Crippen LogP contribution in [0.3, 0.4) is 0 Å². The summed E-state index contributed by atoms with van der Waals surface area (Å²) in [6, 6.07) is 15.7. The first-order valence-corrected chi connectivity index (χ1v) is 20.3. The zero-order valence-corrected chi connectivity index (χ0v) is 33.5. The maximum Gasteiger partial charge on any atom is 0.452 e. The third-order valence-corrected chi connectivity index (χ3v) is 12.5. The van der Waals surface area contributed by atoms with Crippen molar-refractivity contribution in [1.29, 1.82) is 0 Å². The molecule has 0 aromatic heterocycles. The van der Waals surface area contributed by atoms with Gasteiger partial charge in [0.15, 0.2) is 11.1 Å². The van der Waals surface area contributed by atoms with Crippen LogP contribution in [-0.4, -0.2) is 75.1 Å². The standard InChI is InChI=1S/C41H48ClF3N4O7S/c1-24(2)34(36(50)41(43,44)45)48-37(51)33-21-28(35(57(54)55)27-10-16-31(56-3)17-11-27)23-49(33)38(52)32(20-25-6-8-26(22-46)9-7-25)47-39(53)40(18-4-5-19-40)29-12-14-30(42)15-13-29/h6-17,24,28,32-35H,4-5,18-23,46H2,1-3H3,(H,47,53)(H,48,51)(H,54,55)/t28-,32+,33+,34+,35?/m1/s1. The molecule has 5 rings (SSSR count). The highest BCUT2D eigenvalue weighted by molar-refractivity contribution is 7.79. The zero-order valence-electron chi connectivity index (χ0n) is 31.9. The molecule has 1 heterocycles. The Labute approximate surface area is 337 Å². The predicted molar refractivity (Wildman–Crippen MR) is 210 cm³/mol. The summed E-state index contributed by atoms with van der Waals surface area (Å²) < 4.78 is 69.9. The van der Waals surface area contributed by atoms with E-state index >= 15 is 0 Å². The Morgan fingerprint density at radius 1 is 0.965 bits per heavy atom. The maximum absolute atomic E-state index is 15.0. The van der Waals surface area contributed by atoms with Crippen LogP contribution in [0.1, 0.15) is 73.5 Å². The van der Waals surface area contributed by atoms with E-state index in [1.165, 1.54) is 21.0 Å². The lowest BCUT2D eigenvalue weighted by Crippen LogP contribution is -2.58. The van der Waals surface area contributed by atoms with Gasteiger partial charge in [-0.2, -0.15) is 13.2 Å². The van der Waals surface area contributed by atoms with Crippen LogP contribution < -0.4 is 21.1 Å². The molecular weight excluding hydrogens is 785 g/mol. The fourth-order valence-electron chi connectivity index (χ4n) is 8.03. The van der Waals surface area contributed by atoms with Crippen molar-refractivity contribution in [1.82, 2.24) is 15.5 Å². The quantitative estimate of drug-likeness (QED) is 0.140. The highest BCUT2D eigenvalue weighted by Gasteiger charge is 2.50. The molecule has 308 valence electrons. The molecule has 0 radical (unpaired) electrons. The van der Waals surface area contributed by atoms with E-state index in [1.54, 1.807) is 72.8 Å². The highest BCUT2D eigenvalue weighted by Crippen LogP contribution is 2.43. The van der Waals surface area contributed by atoms with Crippen LogP contribution in [0.5, 0.6) is 5.75 Å². The van der Waals surface area contributed by atoms with Gasteiger partial charge in [0.25, 0.3) is 5.78 Å². The topological polar surface area (TPSA) is 168 Å². The molecule has 2 unspecified atom stereocenters. The Morgan fingerprint density at radius 2 is 1.56 bits per heavy atom. The molecule has 3 aromatic carbocycles. The van der Waals surface area contributed by atoms with E-state index in [0.717, 1.165) is 28.9 Å². The molecule has 1 saturated carbocycles. The molecule has 3 aromatic rings. The van der Waals surface area contributed by atoms with Crippen molar-refractivity contribution in [3.05, 3.63) is 100 Å². The summed E-state index contributed by atoms with van der Waals surface area (Å²) in [7, 11) is 1.46. The Morgan fingerprint density at radius 3 is 2.09 bits per heavy atom. The Kier molecular flexibility index (Phi) is 14.2. The van der Waals surface area contributed by atoms with E-state index in [9.17, 15) is 41.1 Å². The van der Waals surface area contributed by atoms with Gasteiger partial charge in [0.05, 0.1) is 23.8 Å². The van der Waals surface area contributed by atoms with Gasteiger partial charge in [-0.05, 0) is 77.6 Å². The lowest BCUT2D eigenvalue weighted by atomic mass is 9.77. The van der Waals surface area contributed by atoms with Gasteiger partial charge < -0.3 is 30.6 Å². The lowest BCUT2D eigenvalue weighted by Gasteiger charge is -2.34. The molecule has 0 spiro atoms. The smallest absolute Gasteiger partial charge is 0.452 e. The summed E-state index contributed by atoms with van der Waals surface area (Å²) in [6.45, 7) is 2.71. The van der Waals surface area contributed by atoms with Gasteiger partial charge in [-0.1, -0.05) is 86.8 Å². The molecular formula is C41H48ClF3N4O7S. The summed E-state index contributed by atoms with van der Waals surface area (Å²) in [4.78, 5) is 57.3. The number of ether oxygens (including phenoxy) is 1. The largest absolute Gasteiger partial charge is 0.497 e. The number of benzene rings is 3. The second-order valence-corrected chi connectivity index (χ2v) is 16.6. The number of hydrogen-bond donors (Lipinski definition) is 4. The zero-order chi connectivity index (χ0) is 41.7. The number of methoxy groups -OCH3 is 1. The van der Waals surface area contributed by atoms with Crippen LogP contribution in [0.2, 0.25) is 5.02 Å². The van der Waals surface area contributed by atoms with Crippen molar-refractivity contribution in [3.8, 4) is 5.75 Å². The van der Waals surface area contributed by atoms with Crippen molar-refractivity contribution >= 4 is 46.2 Å². The van der Waals surface area contributed by atoms with Crippen LogP contribution in [0.25, 0.3) is 0 Å². The monoisotopic (exact) mass is 832 g/mol. The van der Waals surface area contributed by atoms with Gasteiger partial charge >= 0.3 is 6.18 Å². The maximum atomic E-state index is 15.0. The minimum absolute atomic E-state index is 0.0311. The average Bonchev–Trinajstić information content (AvgIpc) is 3.86. The number of nitrogens with two attached hydrogens (primary N) is 1. The predicted octanol–water partition coefficient (Wildman–Crippen LogP) is 5.80. The third-order valence-electron chi connectivity index (χ3n) is 11.1. The SMILES string of the molecule is COc1ccc(C([C@@H]2C[C@@H](C(=O)N[C@H](C(=O)C(F)(F)F)C(C)C)N(C(=O)[C@H](Cc3ccc(CN)cc3)NC(=O)C3(c4ccc(Cl)cc4)CCCC3)C2)S(=O)O)cc1. The molecule has 1 aliphatic heterocycles. The fraction of sp³-hybridized carbons (Fsp3) is 0.463. The summed E-state index contributed by atoms with van der Waals surface area (Å²) in [5.41, 5.74) is 7.42. The number of nitrogens with zero attached hydrogens (tertiary/aromatic N) is 1. The van der Waals surface area contributed by atoms with Crippen LogP contribution in [-0.2, 0) is 48.6 Å². The molecule has 1 saturated heterocycles. The van der Waals surface area contributed by atoms with E-state index in [1.807, 2.05) is 0 Å². The van der Waals surface area contributed by atoms with Gasteiger partial charge in [0.2, 0.25) is 17.7 Å². The number of rotatable bonds is 15. The van der Waals surface area contributed by atoms with Gasteiger partial charge in [0.1, 0.15) is 17.8 Å². The second-order valence-electron chi connectivity index (χ2n) is 15.1. The first-order chi connectivity index (χ1) is 27.0. The number of alkyl halides is 3. The molecule has 0 bridgehead atoms. The van der Waals surface area contributed by atoms with Crippen LogP contribution in [0, 0.1) is 11.8 Å². The summed E-state index contributed by atoms with van der Waals surface area (Å²) in [5.74, 6) is -5.67. The van der Waals surface area contributed by atoms with Gasteiger partial charge in [-0.15, -0.1) is 0 Å². The first-order valence-electron chi connectivity index (χ1n) is 18.8. The second kappa shape index (κ2) is 18.5. The van der Waals surface area contributed by atoms with E-state index in [0.29, 0.717) is 34.7 Å². The summed E-state index contributed by atoms with van der Waals surface area (Å²) >= 11 is 3.65.